The molecule has 2 unspecified atom stereocenters. The van der Waals surface area contributed by atoms with Gasteiger partial charge in [0.15, 0.2) is 0 Å². The van der Waals surface area contributed by atoms with Crippen LogP contribution < -0.4 is 10.6 Å². The normalized spacial score (nSPS) is 23.5. The van der Waals surface area contributed by atoms with Crippen LogP contribution in [0.25, 0.3) is 0 Å². The lowest BCUT2D eigenvalue weighted by Gasteiger charge is -2.34. The lowest BCUT2D eigenvalue weighted by atomic mass is 9.94. The number of rotatable bonds is 6. The lowest BCUT2D eigenvalue weighted by Crippen LogP contribution is -2.47. The second-order valence-corrected chi connectivity index (χ2v) is 7.68. The minimum Gasteiger partial charge on any atom is -0.338 e. The highest BCUT2D eigenvalue weighted by atomic mass is 35.5. The van der Waals surface area contributed by atoms with Gasteiger partial charge in [-0.2, -0.15) is 0 Å². The van der Waals surface area contributed by atoms with E-state index >= 15 is 0 Å². The number of carbonyl (C=O) groups is 2. The molecule has 0 spiro atoms. The quantitative estimate of drug-likeness (QED) is 0.748. The van der Waals surface area contributed by atoms with E-state index < -0.39 is 0 Å². The van der Waals surface area contributed by atoms with E-state index in [0.29, 0.717) is 37.4 Å². The summed E-state index contributed by atoms with van der Waals surface area (Å²) in [6.45, 7) is 8.17. The second kappa shape index (κ2) is 10.9. The predicted octanol–water partition coefficient (Wildman–Crippen LogP) is 2.09. The van der Waals surface area contributed by atoms with Crippen LogP contribution >= 0.6 is 12.4 Å². The third-order valence-corrected chi connectivity index (χ3v) is 5.07. The third kappa shape index (κ3) is 6.66. The Hall–Kier alpha value is -1.01. The molecule has 2 N–H and O–H groups in total. The van der Waals surface area contributed by atoms with E-state index in [4.69, 9.17) is 0 Å². The summed E-state index contributed by atoms with van der Waals surface area (Å²) in [5.74, 6) is 1.02. The van der Waals surface area contributed by atoms with Crippen molar-refractivity contribution in [2.24, 2.45) is 11.8 Å². The van der Waals surface area contributed by atoms with Crippen LogP contribution in [0.5, 0.6) is 0 Å². The lowest BCUT2D eigenvalue weighted by molar-refractivity contribution is -0.133. The standard InChI is InChI=1S/C18H34N4O2.ClH/c1-14(2)11-20-18(24)21-8-4-6-15(13-21)10-17(23)22-9-5-7-16(22)12-19-3;/h14-16,19H,4-13H2,1-3H3,(H,20,24);1H. The fraction of sp³-hybridized carbons (Fsp3) is 0.889. The minimum absolute atomic E-state index is 0. The maximum atomic E-state index is 12.7. The highest BCUT2D eigenvalue weighted by Crippen LogP contribution is 2.24. The number of nitrogens with zero attached hydrogens (tertiary/aromatic N) is 2. The Balaban J connectivity index is 0.00000312. The van der Waals surface area contributed by atoms with Crippen molar-refractivity contribution in [2.45, 2.75) is 52.0 Å². The van der Waals surface area contributed by atoms with Crippen molar-refractivity contribution in [1.82, 2.24) is 20.4 Å². The van der Waals surface area contributed by atoms with Gasteiger partial charge in [0.25, 0.3) is 0 Å². The van der Waals surface area contributed by atoms with Crippen molar-refractivity contribution < 1.29 is 9.59 Å². The van der Waals surface area contributed by atoms with Crippen LogP contribution in [0.3, 0.4) is 0 Å². The summed E-state index contributed by atoms with van der Waals surface area (Å²) in [7, 11) is 1.94. The first-order valence-electron chi connectivity index (χ1n) is 9.48. The first-order valence-corrected chi connectivity index (χ1v) is 9.48. The number of likely N-dealkylation sites (tertiary alicyclic amines) is 2. The molecule has 2 heterocycles. The maximum Gasteiger partial charge on any atom is 0.317 e. The van der Waals surface area contributed by atoms with E-state index in [1.165, 1.54) is 0 Å². The van der Waals surface area contributed by atoms with Gasteiger partial charge < -0.3 is 20.4 Å². The molecule has 2 atom stereocenters. The van der Waals surface area contributed by atoms with Crippen LogP contribution in [0.1, 0.15) is 46.0 Å². The van der Waals surface area contributed by atoms with Crippen molar-refractivity contribution in [3.05, 3.63) is 0 Å². The Bertz CT molecular complexity index is 433. The number of hydrogen-bond acceptors (Lipinski definition) is 3. The van der Waals surface area contributed by atoms with Crippen LogP contribution in [0.2, 0.25) is 0 Å². The van der Waals surface area contributed by atoms with Gasteiger partial charge in [-0.25, -0.2) is 4.79 Å². The highest BCUT2D eigenvalue weighted by molar-refractivity contribution is 5.85. The van der Waals surface area contributed by atoms with Crippen molar-refractivity contribution in [2.75, 3.05) is 39.8 Å². The molecule has 0 radical (unpaired) electrons. The number of likely N-dealkylation sites (N-methyl/N-ethyl adjacent to an activating group) is 1. The SMILES string of the molecule is CNCC1CCCN1C(=O)CC1CCCN(C(=O)NCC(C)C)C1.Cl. The van der Waals surface area contributed by atoms with Gasteiger partial charge in [0.1, 0.15) is 0 Å². The number of hydrogen-bond donors (Lipinski definition) is 2. The van der Waals surface area contributed by atoms with Crippen LogP contribution in [-0.2, 0) is 4.79 Å². The Morgan fingerprint density at radius 2 is 1.88 bits per heavy atom. The molecule has 2 aliphatic rings. The van der Waals surface area contributed by atoms with Crippen molar-refractivity contribution in [3.8, 4) is 0 Å². The van der Waals surface area contributed by atoms with E-state index in [-0.39, 0.29) is 24.3 Å². The number of nitrogens with one attached hydrogen (secondary N) is 2. The molecule has 0 aromatic carbocycles. The van der Waals surface area contributed by atoms with Gasteiger partial charge in [0, 0.05) is 45.2 Å². The number of piperidine rings is 1. The molecule has 7 heteroatoms. The van der Waals surface area contributed by atoms with Crippen molar-refractivity contribution >= 4 is 24.3 Å². The summed E-state index contributed by atoms with van der Waals surface area (Å²) in [6, 6.07) is 0.367. The van der Waals surface area contributed by atoms with Gasteiger partial charge in [0.2, 0.25) is 5.91 Å². The number of carbonyl (C=O) groups excluding carboxylic acids is 2. The number of urea groups is 1. The van der Waals surface area contributed by atoms with Crippen LogP contribution in [0.4, 0.5) is 4.79 Å². The molecule has 0 aromatic rings. The fourth-order valence-electron chi connectivity index (χ4n) is 3.80. The highest BCUT2D eigenvalue weighted by Gasteiger charge is 2.31. The molecule has 25 heavy (non-hydrogen) atoms. The maximum absolute atomic E-state index is 12.7. The van der Waals surface area contributed by atoms with Crippen molar-refractivity contribution in [3.63, 3.8) is 0 Å². The molecule has 2 saturated heterocycles. The summed E-state index contributed by atoms with van der Waals surface area (Å²) in [5, 5.41) is 6.18. The molecule has 3 amide bonds. The number of amides is 3. The van der Waals surface area contributed by atoms with Gasteiger partial charge in [-0.15, -0.1) is 12.4 Å². The topological polar surface area (TPSA) is 64.7 Å². The fourth-order valence-corrected chi connectivity index (χ4v) is 3.80. The zero-order valence-corrected chi connectivity index (χ0v) is 16.7. The smallest absolute Gasteiger partial charge is 0.317 e. The molecular weight excluding hydrogens is 340 g/mol. The Labute approximate surface area is 158 Å². The summed E-state index contributed by atoms with van der Waals surface area (Å²) in [6.07, 6.45) is 4.82. The monoisotopic (exact) mass is 374 g/mol. The molecule has 0 aliphatic carbocycles. The summed E-state index contributed by atoms with van der Waals surface area (Å²) in [4.78, 5) is 28.8. The second-order valence-electron chi connectivity index (χ2n) is 7.68. The van der Waals surface area contributed by atoms with Crippen LogP contribution in [0.15, 0.2) is 0 Å². The van der Waals surface area contributed by atoms with Gasteiger partial charge in [-0.3, -0.25) is 4.79 Å². The van der Waals surface area contributed by atoms with E-state index in [9.17, 15) is 9.59 Å². The first kappa shape index (κ1) is 22.0. The van der Waals surface area contributed by atoms with Crippen molar-refractivity contribution in [1.29, 1.82) is 0 Å². The van der Waals surface area contributed by atoms with E-state index in [1.807, 2.05) is 16.8 Å². The largest absolute Gasteiger partial charge is 0.338 e. The van der Waals surface area contributed by atoms with Gasteiger partial charge in [0.05, 0.1) is 0 Å². The van der Waals surface area contributed by atoms with Crippen LogP contribution in [-0.4, -0.2) is 67.6 Å². The van der Waals surface area contributed by atoms with Gasteiger partial charge >= 0.3 is 6.03 Å². The molecular formula is C18H35ClN4O2. The van der Waals surface area contributed by atoms with E-state index in [1.54, 1.807) is 0 Å². The zero-order valence-electron chi connectivity index (χ0n) is 15.9. The first-order chi connectivity index (χ1) is 11.5. The molecule has 0 aromatic heterocycles. The molecule has 2 aliphatic heterocycles. The Kier molecular flexibility index (Phi) is 9.57. The van der Waals surface area contributed by atoms with Gasteiger partial charge in [-0.1, -0.05) is 13.8 Å². The average Bonchev–Trinajstić information content (AvgIpc) is 3.01. The molecule has 146 valence electrons. The predicted molar refractivity (Wildman–Crippen MR) is 103 cm³/mol. The van der Waals surface area contributed by atoms with Gasteiger partial charge in [-0.05, 0) is 44.6 Å². The molecule has 2 rings (SSSR count). The summed E-state index contributed by atoms with van der Waals surface area (Å²) < 4.78 is 0. The molecule has 0 bridgehead atoms. The Morgan fingerprint density at radius 1 is 1.16 bits per heavy atom. The number of halogens is 1. The van der Waals surface area contributed by atoms with Crippen LogP contribution in [0, 0.1) is 11.8 Å². The zero-order chi connectivity index (χ0) is 17.5. The molecule has 2 fully saturated rings. The third-order valence-electron chi connectivity index (χ3n) is 5.07. The Morgan fingerprint density at radius 3 is 2.56 bits per heavy atom. The summed E-state index contributed by atoms with van der Waals surface area (Å²) in [5.41, 5.74) is 0. The average molecular weight is 375 g/mol. The molecule has 0 saturated carbocycles. The van der Waals surface area contributed by atoms with E-state index in [0.717, 1.165) is 45.3 Å². The minimum atomic E-state index is 0. The summed E-state index contributed by atoms with van der Waals surface area (Å²) >= 11 is 0. The van der Waals surface area contributed by atoms with E-state index in [2.05, 4.69) is 24.5 Å². The molecule has 6 nitrogen and oxygen atoms in total.